The molecule has 0 aliphatic rings. The second-order valence-electron chi connectivity index (χ2n) is 4.26. The van der Waals surface area contributed by atoms with Crippen molar-refractivity contribution >= 4 is 29.2 Å². The Morgan fingerprint density at radius 2 is 2.06 bits per heavy atom. The van der Waals surface area contributed by atoms with Gasteiger partial charge in [0.1, 0.15) is 21.9 Å². The van der Waals surface area contributed by atoms with Crippen LogP contribution in [0.5, 0.6) is 0 Å². The Balaban J connectivity index is 2.88. The van der Waals surface area contributed by atoms with Gasteiger partial charge in [-0.2, -0.15) is 0 Å². The largest absolute Gasteiger partial charge is 0.591 e. The number of halogens is 2. The molecule has 0 amide bonds. The highest BCUT2D eigenvalue weighted by molar-refractivity contribution is 7.91. The molecule has 0 saturated heterocycles. The Kier molecular flexibility index (Phi) is 4.35. The number of nitrogens with zero attached hydrogens (tertiary/aromatic N) is 1. The summed E-state index contributed by atoms with van der Waals surface area (Å²) in [6, 6.07) is 4.15. The molecule has 0 radical (unpaired) electrons. The van der Waals surface area contributed by atoms with Crippen molar-refractivity contribution in [1.29, 1.82) is 0 Å². The third kappa shape index (κ3) is 3.77. The summed E-state index contributed by atoms with van der Waals surface area (Å²) in [7, 11) is 0. The van der Waals surface area contributed by atoms with E-state index in [0.717, 1.165) is 0 Å². The summed E-state index contributed by atoms with van der Waals surface area (Å²) in [6.45, 7) is 5.40. The molecule has 2 nitrogen and oxygen atoms in total. The van der Waals surface area contributed by atoms with Gasteiger partial charge in [-0.05, 0) is 39.0 Å². The van der Waals surface area contributed by atoms with Crippen molar-refractivity contribution in [3.8, 4) is 0 Å². The van der Waals surface area contributed by atoms with Crippen LogP contribution in [0.15, 0.2) is 22.6 Å². The molecule has 0 N–H and O–H groups in total. The standard InChI is InChI=1S/C11H13ClFNOS/c1-11(2,3)16(15)14-7-8-6-9(12)4-5-10(8)13/h4-7H,1-3H3/t16-/m1/s1. The van der Waals surface area contributed by atoms with Crippen LogP contribution >= 0.6 is 11.6 Å². The van der Waals surface area contributed by atoms with Gasteiger partial charge in [-0.25, -0.2) is 4.39 Å². The molecular weight excluding hydrogens is 249 g/mol. The van der Waals surface area contributed by atoms with E-state index in [0.29, 0.717) is 5.02 Å². The summed E-state index contributed by atoms with van der Waals surface area (Å²) in [4.78, 5) is 0. The van der Waals surface area contributed by atoms with Crippen molar-refractivity contribution in [2.45, 2.75) is 25.5 Å². The summed E-state index contributed by atoms with van der Waals surface area (Å²) in [5, 5.41) is 0.421. The minimum Gasteiger partial charge on any atom is -0.591 e. The molecule has 1 aromatic carbocycles. The zero-order valence-corrected chi connectivity index (χ0v) is 10.9. The fraction of sp³-hybridized carbons (Fsp3) is 0.364. The van der Waals surface area contributed by atoms with E-state index >= 15 is 0 Å². The average Bonchev–Trinajstić information content (AvgIpc) is 2.17. The van der Waals surface area contributed by atoms with Crippen LogP contribution in [0.3, 0.4) is 0 Å². The lowest BCUT2D eigenvalue weighted by molar-refractivity contribution is 0.561. The molecular formula is C11H13ClFNOS. The van der Waals surface area contributed by atoms with Crippen LogP contribution in [0, 0.1) is 5.82 Å². The maximum atomic E-state index is 13.3. The molecule has 0 aromatic heterocycles. The molecule has 0 bridgehead atoms. The van der Waals surface area contributed by atoms with Crippen LogP contribution in [-0.2, 0) is 11.4 Å². The SMILES string of the molecule is CC(C)(C)[S@@+]([O-])N=Cc1cc(Cl)ccc1F. The highest BCUT2D eigenvalue weighted by atomic mass is 35.5. The van der Waals surface area contributed by atoms with E-state index in [9.17, 15) is 8.94 Å². The van der Waals surface area contributed by atoms with Gasteiger partial charge in [0.05, 0.1) is 6.21 Å². The highest BCUT2D eigenvalue weighted by Crippen LogP contribution is 2.18. The number of hydrogen-bond donors (Lipinski definition) is 0. The van der Waals surface area contributed by atoms with Gasteiger partial charge < -0.3 is 4.55 Å². The van der Waals surface area contributed by atoms with Crippen LogP contribution in [-0.4, -0.2) is 15.5 Å². The molecule has 0 aliphatic heterocycles. The fourth-order valence-corrected chi connectivity index (χ4v) is 1.58. The van der Waals surface area contributed by atoms with Crippen LogP contribution in [0.25, 0.3) is 0 Å². The van der Waals surface area contributed by atoms with Crippen molar-refractivity contribution in [3.05, 3.63) is 34.6 Å². The molecule has 0 saturated carbocycles. The van der Waals surface area contributed by atoms with Crippen molar-refractivity contribution in [3.63, 3.8) is 0 Å². The van der Waals surface area contributed by atoms with Crippen molar-refractivity contribution in [1.82, 2.24) is 0 Å². The molecule has 0 heterocycles. The van der Waals surface area contributed by atoms with Gasteiger partial charge in [0, 0.05) is 10.6 Å². The Bertz CT molecular complexity index is 403. The lowest BCUT2D eigenvalue weighted by atomic mass is 10.2. The van der Waals surface area contributed by atoms with Gasteiger partial charge in [-0.3, -0.25) is 0 Å². The number of rotatable bonds is 2. The third-order valence-corrected chi connectivity index (χ3v) is 3.35. The summed E-state index contributed by atoms with van der Waals surface area (Å²) in [5.74, 6) is -0.431. The molecule has 1 rings (SSSR count). The Labute approximate surface area is 103 Å². The first-order valence-corrected chi connectivity index (χ1v) is 6.20. The topological polar surface area (TPSA) is 35.4 Å². The second kappa shape index (κ2) is 5.17. The van der Waals surface area contributed by atoms with E-state index in [1.807, 2.05) is 0 Å². The summed E-state index contributed by atoms with van der Waals surface area (Å²) in [5.41, 5.74) is 0.241. The monoisotopic (exact) mass is 261 g/mol. The van der Waals surface area contributed by atoms with Gasteiger partial charge in [0.15, 0.2) is 0 Å². The minimum absolute atomic E-state index is 0.241. The lowest BCUT2D eigenvalue weighted by Gasteiger charge is -2.17. The van der Waals surface area contributed by atoms with Crippen LogP contribution in [0.2, 0.25) is 5.02 Å². The summed E-state index contributed by atoms with van der Waals surface area (Å²) < 4.78 is 28.2. The Morgan fingerprint density at radius 1 is 1.44 bits per heavy atom. The molecule has 16 heavy (non-hydrogen) atoms. The first-order valence-electron chi connectivity index (χ1n) is 4.72. The van der Waals surface area contributed by atoms with Gasteiger partial charge in [-0.1, -0.05) is 16.0 Å². The van der Waals surface area contributed by atoms with Gasteiger partial charge >= 0.3 is 0 Å². The molecule has 0 aliphatic carbocycles. The number of hydrogen-bond acceptors (Lipinski definition) is 2. The minimum atomic E-state index is -1.39. The van der Waals surface area contributed by atoms with Gasteiger partial charge in [0.2, 0.25) is 0 Å². The molecule has 5 heteroatoms. The van der Waals surface area contributed by atoms with Crippen molar-refractivity contribution in [2.24, 2.45) is 4.40 Å². The predicted octanol–water partition coefficient (Wildman–Crippen LogP) is 3.36. The van der Waals surface area contributed by atoms with E-state index < -0.39 is 21.9 Å². The molecule has 0 unspecified atom stereocenters. The first kappa shape index (κ1) is 13.5. The Hall–Kier alpha value is -0.580. The van der Waals surface area contributed by atoms with Crippen molar-refractivity contribution in [2.75, 3.05) is 0 Å². The summed E-state index contributed by atoms with van der Waals surface area (Å²) in [6.07, 6.45) is 1.25. The van der Waals surface area contributed by atoms with E-state index in [4.69, 9.17) is 11.6 Å². The van der Waals surface area contributed by atoms with Gasteiger partial charge in [0.25, 0.3) is 0 Å². The zero-order valence-electron chi connectivity index (χ0n) is 9.33. The van der Waals surface area contributed by atoms with Crippen LogP contribution in [0.1, 0.15) is 26.3 Å². The highest BCUT2D eigenvalue weighted by Gasteiger charge is 2.25. The first-order chi connectivity index (χ1) is 7.30. The quantitative estimate of drug-likeness (QED) is 0.594. The lowest BCUT2D eigenvalue weighted by Crippen LogP contribution is -2.25. The molecule has 1 atom stereocenters. The maximum Gasteiger partial charge on any atom is 0.144 e. The van der Waals surface area contributed by atoms with Crippen LogP contribution < -0.4 is 0 Å². The molecule has 1 aromatic rings. The average molecular weight is 262 g/mol. The molecule has 0 spiro atoms. The van der Waals surface area contributed by atoms with Gasteiger partial charge in [-0.15, -0.1) is 0 Å². The normalized spacial score (nSPS) is 14.4. The van der Waals surface area contributed by atoms with E-state index in [2.05, 4.69) is 4.40 Å². The van der Waals surface area contributed by atoms with E-state index in [1.165, 1.54) is 24.4 Å². The third-order valence-electron chi connectivity index (χ3n) is 1.77. The molecule has 88 valence electrons. The summed E-state index contributed by atoms with van der Waals surface area (Å²) >= 11 is 4.32. The fourth-order valence-electron chi connectivity index (χ4n) is 0.876. The van der Waals surface area contributed by atoms with E-state index in [-0.39, 0.29) is 5.56 Å². The van der Waals surface area contributed by atoms with E-state index in [1.54, 1.807) is 20.8 Å². The zero-order chi connectivity index (χ0) is 12.3. The maximum absolute atomic E-state index is 13.3. The second-order valence-corrected chi connectivity index (χ2v) is 6.63. The van der Waals surface area contributed by atoms with Crippen molar-refractivity contribution < 1.29 is 8.94 Å². The molecule has 0 fully saturated rings. The Morgan fingerprint density at radius 3 is 2.62 bits per heavy atom. The van der Waals surface area contributed by atoms with Crippen LogP contribution in [0.4, 0.5) is 4.39 Å². The number of benzene rings is 1. The smallest absolute Gasteiger partial charge is 0.144 e. The predicted molar refractivity (Wildman–Crippen MR) is 66.9 cm³/mol.